The SMILES string of the molecule is O=C(CN1C(=O)CCc2cc(Br)ccc21)N1CCN(c2ccccn2)CC1. The molecule has 0 unspecified atom stereocenters. The lowest BCUT2D eigenvalue weighted by molar-refractivity contribution is -0.131. The van der Waals surface area contributed by atoms with Crippen molar-refractivity contribution >= 4 is 39.2 Å². The number of halogens is 1. The lowest BCUT2D eigenvalue weighted by Gasteiger charge is -2.37. The van der Waals surface area contributed by atoms with Crippen molar-refractivity contribution in [2.24, 2.45) is 0 Å². The molecule has 1 aromatic carbocycles. The molecule has 4 rings (SSSR count). The van der Waals surface area contributed by atoms with Gasteiger partial charge >= 0.3 is 0 Å². The van der Waals surface area contributed by atoms with Gasteiger partial charge in [-0.3, -0.25) is 9.59 Å². The third-order valence-electron chi connectivity index (χ3n) is 5.14. The molecule has 0 saturated carbocycles. The highest BCUT2D eigenvalue weighted by Crippen LogP contribution is 2.30. The first-order chi connectivity index (χ1) is 13.1. The molecule has 0 bridgehead atoms. The first kappa shape index (κ1) is 18.0. The van der Waals surface area contributed by atoms with Crippen LogP contribution in [0, 0.1) is 0 Å². The van der Waals surface area contributed by atoms with Crippen LogP contribution in [0.5, 0.6) is 0 Å². The van der Waals surface area contributed by atoms with E-state index in [1.807, 2.05) is 41.3 Å². The quantitative estimate of drug-likeness (QED) is 0.753. The van der Waals surface area contributed by atoms with Crippen molar-refractivity contribution in [3.8, 4) is 0 Å². The number of benzene rings is 1. The zero-order valence-electron chi connectivity index (χ0n) is 15.0. The second-order valence-electron chi connectivity index (χ2n) is 6.81. The largest absolute Gasteiger partial charge is 0.353 e. The zero-order chi connectivity index (χ0) is 18.8. The number of amides is 2. The summed E-state index contributed by atoms with van der Waals surface area (Å²) < 4.78 is 0.993. The number of hydrogen-bond acceptors (Lipinski definition) is 4. The van der Waals surface area contributed by atoms with Gasteiger partial charge in [-0.1, -0.05) is 22.0 Å². The fraction of sp³-hybridized carbons (Fsp3) is 0.350. The Bertz CT molecular complexity index is 850. The summed E-state index contributed by atoms with van der Waals surface area (Å²) >= 11 is 3.48. The average Bonchev–Trinajstić information content (AvgIpc) is 2.71. The molecule has 0 N–H and O–H groups in total. The lowest BCUT2D eigenvalue weighted by atomic mass is 10.0. The van der Waals surface area contributed by atoms with Gasteiger partial charge in [0, 0.05) is 49.0 Å². The molecule has 6 nitrogen and oxygen atoms in total. The van der Waals surface area contributed by atoms with Gasteiger partial charge in [0.2, 0.25) is 11.8 Å². The molecule has 2 amide bonds. The van der Waals surface area contributed by atoms with E-state index in [9.17, 15) is 9.59 Å². The van der Waals surface area contributed by atoms with E-state index in [4.69, 9.17) is 0 Å². The smallest absolute Gasteiger partial charge is 0.242 e. The van der Waals surface area contributed by atoms with Crippen molar-refractivity contribution in [1.29, 1.82) is 0 Å². The fourth-order valence-corrected chi connectivity index (χ4v) is 4.07. The van der Waals surface area contributed by atoms with Crippen LogP contribution in [0.3, 0.4) is 0 Å². The summed E-state index contributed by atoms with van der Waals surface area (Å²) in [5.41, 5.74) is 1.96. The van der Waals surface area contributed by atoms with Gasteiger partial charge in [-0.2, -0.15) is 0 Å². The maximum atomic E-state index is 12.8. The fourth-order valence-electron chi connectivity index (χ4n) is 3.66. The molecule has 1 aromatic heterocycles. The topological polar surface area (TPSA) is 56.8 Å². The molecule has 2 aliphatic rings. The highest BCUT2D eigenvalue weighted by atomic mass is 79.9. The summed E-state index contributed by atoms with van der Waals surface area (Å²) in [5.74, 6) is 0.959. The first-order valence-corrected chi connectivity index (χ1v) is 9.93. The van der Waals surface area contributed by atoms with Crippen molar-refractivity contribution in [2.45, 2.75) is 12.8 Å². The van der Waals surface area contributed by atoms with Gasteiger partial charge in [0.15, 0.2) is 0 Å². The van der Waals surface area contributed by atoms with Crippen LogP contribution in [0.1, 0.15) is 12.0 Å². The number of aryl methyl sites for hydroxylation is 1. The maximum absolute atomic E-state index is 12.8. The highest BCUT2D eigenvalue weighted by molar-refractivity contribution is 9.10. The predicted octanol–water partition coefficient (Wildman–Crippen LogP) is 2.47. The minimum Gasteiger partial charge on any atom is -0.353 e. The molecule has 1 saturated heterocycles. The summed E-state index contributed by atoms with van der Waals surface area (Å²) in [5, 5.41) is 0. The number of carbonyl (C=O) groups excluding carboxylic acids is 2. The number of hydrogen-bond donors (Lipinski definition) is 0. The number of nitrogens with zero attached hydrogens (tertiary/aromatic N) is 4. The molecular weight excluding hydrogens is 408 g/mol. The molecule has 1 fully saturated rings. The summed E-state index contributed by atoms with van der Waals surface area (Å²) in [6.07, 6.45) is 2.95. The van der Waals surface area contributed by atoms with E-state index >= 15 is 0 Å². The Morgan fingerprint density at radius 3 is 2.63 bits per heavy atom. The summed E-state index contributed by atoms with van der Waals surface area (Å²) in [6, 6.07) is 11.7. The van der Waals surface area contributed by atoms with Gasteiger partial charge in [-0.15, -0.1) is 0 Å². The van der Waals surface area contributed by atoms with Gasteiger partial charge in [0.25, 0.3) is 0 Å². The third-order valence-corrected chi connectivity index (χ3v) is 5.63. The Morgan fingerprint density at radius 2 is 1.89 bits per heavy atom. The second-order valence-corrected chi connectivity index (χ2v) is 7.72. The molecule has 27 heavy (non-hydrogen) atoms. The average molecular weight is 429 g/mol. The number of carbonyl (C=O) groups is 2. The predicted molar refractivity (Wildman–Crippen MR) is 108 cm³/mol. The van der Waals surface area contributed by atoms with Crippen LogP contribution in [0.4, 0.5) is 11.5 Å². The molecule has 2 aromatic rings. The molecule has 140 valence electrons. The summed E-state index contributed by atoms with van der Waals surface area (Å²) in [6.45, 7) is 2.90. The molecular formula is C20H21BrN4O2. The Kier molecular flexibility index (Phi) is 5.11. The van der Waals surface area contributed by atoms with Crippen molar-refractivity contribution < 1.29 is 9.59 Å². The minimum atomic E-state index is -0.000195. The normalized spacial score (nSPS) is 17.1. The van der Waals surface area contributed by atoms with Crippen molar-refractivity contribution in [1.82, 2.24) is 9.88 Å². The molecule has 2 aliphatic heterocycles. The lowest BCUT2D eigenvalue weighted by Crippen LogP contribution is -2.52. The monoisotopic (exact) mass is 428 g/mol. The van der Waals surface area contributed by atoms with Gasteiger partial charge in [0.05, 0.1) is 0 Å². The number of aromatic nitrogens is 1. The van der Waals surface area contributed by atoms with Crippen LogP contribution >= 0.6 is 15.9 Å². The number of fused-ring (bicyclic) bond motifs is 1. The molecule has 7 heteroatoms. The van der Waals surface area contributed by atoms with Crippen LogP contribution in [-0.4, -0.2) is 54.4 Å². The highest BCUT2D eigenvalue weighted by Gasteiger charge is 2.29. The van der Waals surface area contributed by atoms with Gasteiger partial charge in [-0.25, -0.2) is 4.98 Å². The van der Waals surface area contributed by atoms with E-state index in [0.29, 0.717) is 19.5 Å². The standard InChI is InChI=1S/C20H21BrN4O2/c21-16-5-6-17-15(13-16)4-7-19(26)25(17)14-20(27)24-11-9-23(10-12-24)18-3-1-2-8-22-18/h1-3,5-6,8,13H,4,7,9-12,14H2. The summed E-state index contributed by atoms with van der Waals surface area (Å²) in [7, 11) is 0. The second kappa shape index (κ2) is 7.68. The van der Waals surface area contributed by atoms with E-state index in [2.05, 4.69) is 25.8 Å². The van der Waals surface area contributed by atoms with E-state index < -0.39 is 0 Å². The number of rotatable bonds is 3. The van der Waals surface area contributed by atoms with Crippen molar-refractivity contribution in [3.05, 3.63) is 52.6 Å². The summed E-state index contributed by atoms with van der Waals surface area (Å²) in [4.78, 5) is 35.3. The van der Waals surface area contributed by atoms with Crippen molar-refractivity contribution in [3.63, 3.8) is 0 Å². The van der Waals surface area contributed by atoms with Gasteiger partial charge in [-0.05, 0) is 42.3 Å². The van der Waals surface area contributed by atoms with Crippen LogP contribution in [-0.2, 0) is 16.0 Å². The van der Waals surface area contributed by atoms with Crippen LogP contribution in [0.2, 0.25) is 0 Å². The molecule has 0 spiro atoms. The van der Waals surface area contributed by atoms with E-state index in [-0.39, 0.29) is 18.4 Å². The van der Waals surface area contributed by atoms with Crippen LogP contribution < -0.4 is 9.80 Å². The molecule has 0 atom stereocenters. The minimum absolute atomic E-state index is 0.000195. The Morgan fingerprint density at radius 1 is 1.07 bits per heavy atom. The molecule has 0 aliphatic carbocycles. The number of pyridine rings is 1. The van der Waals surface area contributed by atoms with Gasteiger partial charge in [0.1, 0.15) is 12.4 Å². The van der Waals surface area contributed by atoms with Gasteiger partial charge < -0.3 is 14.7 Å². The number of anilines is 2. The van der Waals surface area contributed by atoms with Crippen LogP contribution in [0.25, 0.3) is 0 Å². The zero-order valence-corrected chi connectivity index (χ0v) is 16.6. The van der Waals surface area contributed by atoms with E-state index in [0.717, 1.165) is 41.1 Å². The Labute approximate surface area is 166 Å². The Balaban J connectivity index is 1.41. The third kappa shape index (κ3) is 3.83. The molecule has 0 radical (unpaired) electrons. The number of piperazine rings is 1. The van der Waals surface area contributed by atoms with Crippen molar-refractivity contribution in [2.75, 3.05) is 42.5 Å². The van der Waals surface area contributed by atoms with E-state index in [1.165, 1.54) is 0 Å². The first-order valence-electron chi connectivity index (χ1n) is 9.14. The Hall–Kier alpha value is -2.41. The molecule has 3 heterocycles. The van der Waals surface area contributed by atoms with E-state index in [1.54, 1.807) is 11.1 Å². The van der Waals surface area contributed by atoms with Crippen LogP contribution in [0.15, 0.2) is 47.1 Å². The maximum Gasteiger partial charge on any atom is 0.242 e.